The highest BCUT2D eigenvalue weighted by Crippen LogP contribution is 2.34. The highest BCUT2D eigenvalue weighted by atomic mass is 16.5. The summed E-state index contributed by atoms with van der Waals surface area (Å²) < 4.78 is 9.66. The van der Waals surface area contributed by atoms with Gasteiger partial charge in [-0.3, -0.25) is 4.79 Å². The highest BCUT2D eigenvalue weighted by molar-refractivity contribution is 5.79. The molecule has 0 saturated heterocycles. The molecule has 0 aromatic heterocycles. The fraction of sp³-hybridized carbons (Fsp3) is 0.364. The molecule has 0 spiro atoms. The van der Waals surface area contributed by atoms with Gasteiger partial charge in [0.1, 0.15) is 0 Å². The fourth-order valence-electron chi connectivity index (χ4n) is 1.41. The lowest BCUT2D eigenvalue weighted by Crippen LogP contribution is -2.11. The third-order valence-electron chi connectivity index (χ3n) is 2.25. The van der Waals surface area contributed by atoms with Crippen LogP contribution in [0.25, 0.3) is 0 Å². The molecule has 0 fully saturated rings. The van der Waals surface area contributed by atoms with Gasteiger partial charge in [-0.05, 0) is 13.0 Å². The predicted molar refractivity (Wildman–Crippen MR) is 55.1 cm³/mol. The number of carbonyl (C=O) groups excluding carboxylic acids is 1. The fourth-order valence-corrected chi connectivity index (χ4v) is 1.41. The Morgan fingerprint density at radius 3 is 2.60 bits per heavy atom. The van der Waals surface area contributed by atoms with E-state index >= 15 is 0 Å². The zero-order valence-electron chi connectivity index (χ0n) is 8.98. The number of phenolic OH excluding ortho intramolecular Hbond substituents is 1. The molecular weight excluding hydrogens is 196 g/mol. The van der Waals surface area contributed by atoms with E-state index in [-0.39, 0.29) is 11.7 Å². The topological polar surface area (TPSA) is 55.8 Å². The molecule has 0 aliphatic carbocycles. The molecule has 1 unspecified atom stereocenters. The first-order valence-electron chi connectivity index (χ1n) is 4.55. The molecule has 15 heavy (non-hydrogen) atoms. The Balaban J connectivity index is 3.13. The first-order chi connectivity index (χ1) is 7.11. The molecule has 0 aliphatic heterocycles. The van der Waals surface area contributed by atoms with Crippen molar-refractivity contribution < 1.29 is 19.4 Å². The lowest BCUT2D eigenvalue weighted by atomic mass is 10.00. The lowest BCUT2D eigenvalue weighted by Gasteiger charge is -2.14. The van der Waals surface area contributed by atoms with Crippen LogP contribution in [0.4, 0.5) is 0 Å². The maximum atomic E-state index is 11.3. The molecule has 1 N–H and O–H groups in total. The van der Waals surface area contributed by atoms with Crippen molar-refractivity contribution in [1.29, 1.82) is 0 Å². The molecule has 4 heteroatoms. The summed E-state index contributed by atoms with van der Waals surface area (Å²) in [6.45, 7) is 1.70. The average molecular weight is 210 g/mol. The van der Waals surface area contributed by atoms with Gasteiger partial charge < -0.3 is 14.6 Å². The summed E-state index contributed by atoms with van der Waals surface area (Å²) in [5, 5.41) is 9.52. The van der Waals surface area contributed by atoms with Crippen molar-refractivity contribution in [3.8, 4) is 11.5 Å². The van der Waals surface area contributed by atoms with Crippen molar-refractivity contribution in [2.24, 2.45) is 0 Å². The zero-order chi connectivity index (χ0) is 11.4. The van der Waals surface area contributed by atoms with Crippen LogP contribution in [0, 0.1) is 0 Å². The van der Waals surface area contributed by atoms with Crippen LogP contribution in [0.2, 0.25) is 0 Å². The van der Waals surface area contributed by atoms with Crippen molar-refractivity contribution in [2.75, 3.05) is 14.2 Å². The van der Waals surface area contributed by atoms with Crippen molar-refractivity contribution in [3.63, 3.8) is 0 Å². The van der Waals surface area contributed by atoms with Gasteiger partial charge in [0.15, 0.2) is 11.5 Å². The standard InChI is InChI=1S/C11H14O4/c1-7(11(13)15-3)8-5-4-6-9(12)10(8)14-2/h4-7,12H,1-3H3. The van der Waals surface area contributed by atoms with E-state index in [2.05, 4.69) is 4.74 Å². The smallest absolute Gasteiger partial charge is 0.312 e. The number of hydrogen-bond acceptors (Lipinski definition) is 4. The van der Waals surface area contributed by atoms with Crippen molar-refractivity contribution in [3.05, 3.63) is 23.8 Å². The number of hydrogen-bond donors (Lipinski definition) is 1. The lowest BCUT2D eigenvalue weighted by molar-refractivity contribution is -0.142. The van der Waals surface area contributed by atoms with Crippen LogP contribution in [0.1, 0.15) is 18.4 Å². The molecule has 1 aromatic carbocycles. The number of methoxy groups -OCH3 is 2. The van der Waals surface area contributed by atoms with Crippen LogP contribution in [0.15, 0.2) is 18.2 Å². The summed E-state index contributed by atoms with van der Waals surface area (Å²) in [7, 11) is 2.77. The molecule has 0 bridgehead atoms. The average Bonchev–Trinajstić information content (AvgIpc) is 2.26. The molecular formula is C11H14O4. The minimum absolute atomic E-state index is 0.0192. The SMILES string of the molecule is COC(=O)C(C)c1cccc(O)c1OC. The Hall–Kier alpha value is -1.71. The van der Waals surface area contributed by atoms with Crippen LogP contribution in [-0.2, 0) is 9.53 Å². The number of ether oxygens (including phenoxy) is 2. The predicted octanol–water partition coefficient (Wildman–Crippen LogP) is 1.68. The van der Waals surface area contributed by atoms with E-state index in [1.165, 1.54) is 20.3 Å². The Morgan fingerprint density at radius 1 is 1.40 bits per heavy atom. The molecule has 4 nitrogen and oxygen atoms in total. The second-order valence-corrected chi connectivity index (χ2v) is 3.14. The van der Waals surface area contributed by atoms with Gasteiger partial charge in [0.2, 0.25) is 0 Å². The third-order valence-corrected chi connectivity index (χ3v) is 2.25. The van der Waals surface area contributed by atoms with E-state index in [0.717, 1.165) is 0 Å². The van der Waals surface area contributed by atoms with Crippen molar-refractivity contribution in [1.82, 2.24) is 0 Å². The molecule has 0 amide bonds. The van der Waals surface area contributed by atoms with Gasteiger partial charge in [0.05, 0.1) is 20.1 Å². The molecule has 82 valence electrons. The van der Waals surface area contributed by atoms with Gasteiger partial charge in [0.25, 0.3) is 0 Å². The minimum atomic E-state index is -0.461. The second kappa shape index (κ2) is 4.68. The number of carbonyl (C=O) groups is 1. The minimum Gasteiger partial charge on any atom is -0.504 e. The number of phenols is 1. The summed E-state index contributed by atoms with van der Waals surface area (Å²) in [5.74, 6) is -0.489. The number of aromatic hydroxyl groups is 1. The maximum absolute atomic E-state index is 11.3. The quantitative estimate of drug-likeness (QED) is 0.771. The van der Waals surface area contributed by atoms with Crippen LogP contribution in [0.3, 0.4) is 0 Å². The maximum Gasteiger partial charge on any atom is 0.312 e. The molecule has 0 radical (unpaired) electrons. The summed E-state index contributed by atoms with van der Waals surface area (Å²) in [4.78, 5) is 11.3. The van der Waals surface area contributed by atoms with Crippen molar-refractivity contribution >= 4 is 5.97 Å². The summed E-state index contributed by atoms with van der Waals surface area (Å²) >= 11 is 0. The van der Waals surface area contributed by atoms with Crippen LogP contribution in [-0.4, -0.2) is 25.3 Å². The summed E-state index contributed by atoms with van der Waals surface area (Å²) in [6, 6.07) is 4.89. The van der Waals surface area contributed by atoms with Crippen LogP contribution < -0.4 is 4.74 Å². The summed E-state index contributed by atoms with van der Waals surface area (Å²) in [5.41, 5.74) is 0.615. The van der Waals surface area contributed by atoms with E-state index in [9.17, 15) is 9.90 Å². The van der Waals surface area contributed by atoms with E-state index in [1.807, 2.05) is 0 Å². The monoisotopic (exact) mass is 210 g/mol. The number of rotatable bonds is 3. The first kappa shape index (κ1) is 11.4. The Kier molecular flexibility index (Phi) is 3.55. The Labute approximate surface area is 88.4 Å². The van der Waals surface area contributed by atoms with Gasteiger partial charge in [-0.25, -0.2) is 0 Å². The number of benzene rings is 1. The van der Waals surface area contributed by atoms with Gasteiger partial charge in [-0.1, -0.05) is 12.1 Å². The van der Waals surface area contributed by atoms with E-state index in [4.69, 9.17) is 4.74 Å². The number of para-hydroxylation sites is 1. The van der Waals surface area contributed by atoms with E-state index < -0.39 is 5.92 Å². The van der Waals surface area contributed by atoms with Gasteiger partial charge in [-0.15, -0.1) is 0 Å². The highest BCUT2D eigenvalue weighted by Gasteiger charge is 2.21. The van der Waals surface area contributed by atoms with Crippen molar-refractivity contribution in [2.45, 2.75) is 12.8 Å². The van der Waals surface area contributed by atoms with Crippen LogP contribution in [0.5, 0.6) is 11.5 Å². The van der Waals surface area contributed by atoms with Crippen LogP contribution >= 0.6 is 0 Å². The molecule has 0 aliphatic rings. The second-order valence-electron chi connectivity index (χ2n) is 3.14. The van der Waals surface area contributed by atoms with E-state index in [0.29, 0.717) is 11.3 Å². The molecule has 1 atom stereocenters. The summed E-state index contributed by atoms with van der Waals surface area (Å²) in [6.07, 6.45) is 0. The molecule has 0 saturated carbocycles. The first-order valence-corrected chi connectivity index (χ1v) is 4.55. The third kappa shape index (κ3) is 2.21. The van der Waals surface area contributed by atoms with Gasteiger partial charge >= 0.3 is 5.97 Å². The largest absolute Gasteiger partial charge is 0.504 e. The number of esters is 1. The Bertz CT molecular complexity index is 360. The van der Waals surface area contributed by atoms with Gasteiger partial charge in [-0.2, -0.15) is 0 Å². The zero-order valence-corrected chi connectivity index (χ0v) is 8.98. The van der Waals surface area contributed by atoms with E-state index in [1.54, 1.807) is 19.1 Å². The van der Waals surface area contributed by atoms with Gasteiger partial charge in [0, 0.05) is 5.56 Å². The molecule has 1 aromatic rings. The normalized spacial score (nSPS) is 11.9. The Morgan fingerprint density at radius 2 is 2.07 bits per heavy atom. The molecule has 1 rings (SSSR count). The molecule has 0 heterocycles.